The van der Waals surface area contributed by atoms with E-state index >= 15 is 0 Å². The zero-order chi connectivity index (χ0) is 13.8. The molecule has 1 N–H and O–H groups in total. The van der Waals surface area contributed by atoms with Crippen LogP contribution in [-0.4, -0.2) is 50.3 Å². The fourth-order valence-corrected chi connectivity index (χ4v) is 4.26. The molecular formula is C16H32N2O. The molecule has 3 heteroatoms. The van der Waals surface area contributed by atoms with Gasteiger partial charge in [0.2, 0.25) is 0 Å². The highest BCUT2D eigenvalue weighted by Crippen LogP contribution is 2.36. The Hall–Kier alpha value is -0.120. The van der Waals surface area contributed by atoms with Crippen molar-refractivity contribution in [3.63, 3.8) is 0 Å². The lowest BCUT2D eigenvalue weighted by Gasteiger charge is -2.43. The van der Waals surface area contributed by atoms with Gasteiger partial charge in [-0.15, -0.1) is 0 Å². The molecule has 4 atom stereocenters. The molecule has 0 aromatic rings. The molecule has 0 aromatic carbocycles. The van der Waals surface area contributed by atoms with Crippen LogP contribution in [0.15, 0.2) is 0 Å². The standard InChI is InChI=1S/C16H32N2O/c1-5-18-6-7-19-15(11-18)16(17-4)14-9-12(2)8-13(3)10-14/h12-17H,5-11H2,1-4H3. The van der Waals surface area contributed by atoms with Crippen molar-refractivity contribution >= 4 is 0 Å². The van der Waals surface area contributed by atoms with E-state index in [2.05, 4.69) is 38.0 Å². The maximum atomic E-state index is 6.08. The van der Waals surface area contributed by atoms with Gasteiger partial charge in [-0.3, -0.25) is 4.90 Å². The topological polar surface area (TPSA) is 24.5 Å². The minimum atomic E-state index is 0.376. The molecular weight excluding hydrogens is 236 g/mol. The van der Waals surface area contributed by atoms with Crippen LogP contribution < -0.4 is 5.32 Å². The van der Waals surface area contributed by atoms with E-state index in [1.165, 1.54) is 19.3 Å². The van der Waals surface area contributed by atoms with Crippen LogP contribution in [0.5, 0.6) is 0 Å². The van der Waals surface area contributed by atoms with E-state index in [9.17, 15) is 0 Å². The van der Waals surface area contributed by atoms with Crippen LogP contribution in [0.1, 0.15) is 40.0 Å². The molecule has 3 nitrogen and oxygen atoms in total. The van der Waals surface area contributed by atoms with Crippen LogP contribution in [-0.2, 0) is 4.74 Å². The van der Waals surface area contributed by atoms with E-state index in [-0.39, 0.29) is 0 Å². The highest BCUT2D eigenvalue weighted by Gasteiger charge is 2.36. The summed E-state index contributed by atoms with van der Waals surface area (Å²) < 4.78 is 6.08. The minimum Gasteiger partial charge on any atom is -0.374 e. The molecule has 0 amide bonds. The summed E-state index contributed by atoms with van der Waals surface area (Å²) in [7, 11) is 2.11. The van der Waals surface area contributed by atoms with Crippen LogP contribution in [0.3, 0.4) is 0 Å². The van der Waals surface area contributed by atoms with E-state index in [0.29, 0.717) is 12.1 Å². The van der Waals surface area contributed by atoms with Gasteiger partial charge in [-0.2, -0.15) is 0 Å². The molecule has 2 rings (SSSR count). The second-order valence-electron chi connectivity index (χ2n) is 6.79. The van der Waals surface area contributed by atoms with Crippen LogP contribution in [0.4, 0.5) is 0 Å². The number of rotatable bonds is 4. The summed E-state index contributed by atoms with van der Waals surface area (Å²) in [6, 6.07) is 0.527. The SMILES string of the molecule is CCN1CCOC(C(NC)C2CC(C)CC(C)C2)C1. The van der Waals surface area contributed by atoms with Gasteiger partial charge < -0.3 is 10.1 Å². The molecule has 1 saturated heterocycles. The van der Waals surface area contributed by atoms with Gasteiger partial charge >= 0.3 is 0 Å². The number of nitrogens with zero attached hydrogens (tertiary/aromatic N) is 1. The molecule has 1 heterocycles. The Balaban J connectivity index is 1.98. The maximum Gasteiger partial charge on any atom is 0.0857 e. The first kappa shape index (κ1) is 15.3. The lowest BCUT2D eigenvalue weighted by molar-refractivity contribution is -0.0600. The van der Waals surface area contributed by atoms with Crippen molar-refractivity contribution in [2.75, 3.05) is 33.3 Å². The van der Waals surface area contributed by atoms with Crippen molar-refractivity contribution in [1.29, 1.82) is 0 Å². The average Bonchev–Trinajstić information content (AvgIpc) is 2.39. The smallest absolute Gasteiger partial charge is 0.0857 e. The number of hydrogen-bond donors (Lipinski definition) is 1. The van der Waals surface area contributed by atoms with E-state index in [4.69, 9.17) is 4.74 Å². The first-order chi connectivity index (χ1) is 9.13. The van der Waals surface area contributed by atoms with Crippen molar-refractivity contribution in [2.24, 2.45) is 17.8 Å². The van der Waals surface area contributed by atoms with Gasteiger partial charge in [-0.25, -0.2) is 0 Å². The predicted molar refractivity (Wildman–Crippen MR) is 80.4 cm³/mol. The zero-order valence-electron chi connectivity index (χ0n) is 13.2. The highest BCUT2D eigenvalue weighted by molar-refractivity contribution is 4.90. The van der Waals surface area contributed by atoms with Crippen LogP contribution in [0, 0.1) is 17.8 Å². The Morgan fingerprint density at radius 2 is 1.89 bits per heavy atom. The second kappa shape index (κ2) is 7.05. The molecule has 0 spiro atoms. The zero-order valence-corrected chi connectivity index (χ0v) is 13.2. The Kier molecular flexibility index (Phi) is 5.67. The van der Waals surface area contributed by atoms with E-state index < -0.39 is 0 Å². The van der Waals surface area contributed by atoms with Gasteiger partial charge in [0.1, 0.15) is 0 Å². The molecule has 0 radical (unpaired) electrons. The van der Waals surface area contributed by atoms with Crippen molar-refractivity contribution in [1.82, 2.24) is 10.2 Å². The Labute approximate surface area is 119 Å². The quantitative estimate of drug-likeness (QED) is 0.847. The summed E-state index contributed by atoms with van der Waals surface area (Å²) in [5.74, 6) is 2.52. The van der Waals surface area contributed by atoms with Gasteiger partial charge in [0.25, 0.3) is 0 Å². The first-order valence-corrected chi connectivity index (χ1v) is 8.15. The summed E-state index contributed by atoms with van der Waals surface area (Å²) in [4.78, 5) is 2.52. The van der Waals surface area contributed by atoms with Crippen LogP contribution in [0.25, 0.3) is 0 Å². The molecule has 4 unspecified atom stereocenters. The first-order valence-electron chi connectivity index (χ1n) is 8.15. The molecule has 0 bridgehead atoms. The summed E-state index contributed by atoms with van der Waals surface area (Å²) in [6.45, 7) is 11.3. The number of likely N-dealkylation sites (N-methyl/N-ethyl adjacent to an activating group) is 2. The number of morpholine rings is 1. The lowest BCUT2D eigenvalue weighted by Crippen LogP contribution is -2.55. The summed E-state index contributed by atoms with van der Waals surface area (Å²) in [5, 5.41) is 3.58. The van der Waals surface area contributed by atoms with Gasteiger partial charge in [0.05, 0.1) is 12.7 Å². The molecule has 1 saturated carbocycles. The molecule has 19 heavy (non-hydrogen) atoms. The number of ether oxygens (including phenoxy) is 1. The summed E-state index contributed by atoms with van der Waals surface area (Å²) >= 11 is 0. The van der Waals surface area contributed by atoms with Gasteiger partial charge in [-0.1, -0.05) is 20.8 Å². The third kappa shape index (κ3) is 3.93. The fourth-order valence-electron chi connectivity index (χ4n) is 4.26. The predicted octanol–water partition coefficient (Wildman–Crippen LogP) is 2.37. The largest absolute Gasteiger partial charge is 0.374 e. The molecule has 0 aromatic heterocycles. The van der Waals surface area contributed by atoms with Crippen molar-refractivity contribution in [3.8, 4) is 0 Å². The monoisotopic (exact) mass is 268 g/mol. The van der Waals surface area contributed by atoms with Crippen molar-refractivity contribution in [2.45, 2.75) is 52.2 Å². The Morgan fingerprint density at radius 3 is 2.47 bits per heavy atom. The molecule has 2 aliphatic rings. The van der Waals surface area contributed by atoms with Crippen molar-refractivity contribution < 1.29 is 4.74 Å². The fraction of sp³-hybridized carbons (Fsp3) is 1.00. The number of hydrogen-bond acceptors (Lipinski definition) is 3. The maximum absolute atomic E-state index is 6.08. The van der Waals surface area contributed by atoms with Gasteiger partial charge in [0.15, 0.2) is 0 Å². The third-order valence-corrected chi connectivity index (χ3v) is 5.08. The average molecular weight is 268 g/mol. The van der Waals surface area contributed by atoms with E-state index in [0.717, 1.165) is 44.0 Å². The molecule has 2 fully saturated rings. The summed E-state index contributed by atoms with van der Waals surface area (Å²) in [6.07, 6.45) is 4.50. The van der Waals surface area contributed by atoms with Crippen LogP contribution in [0.2, 0.25) is 0 Å². The molecule has 112 valence electrons. The second-order valence-corrected chi connectivity index (χ2v) is 6.79. The third-order valence-electron chi connectivity index (χ3n) is 5.08. The number of nitrogens with one attached hydrogen (secondary N) is 1. The molecule has 1 aliphatic heterocycles. The van der Waals surface area contributed by atoms with E-state index in [1.807, 2.05) is 0 Å². The lowest BCUT2D eigenvalue weighted by atomic mass is 9.72. The van der Waals surface area contributed by atoms with Crippen molar-refractivity contribution in [3.05, 3.63) is 0 Å². The van der Waals surface area contributed by atoms with E-state index in [1.54, 1.807) is 0 Å². The normalized spacial score (nSPS) is 39.2. The van der Waals surface area contributed by atoms with Gasteiger partial charge in [-0.05, 0) is 50.6 Å². The Morgan fingerprint density at radius 1 is 1.21 bits per heavy atom. The van der Waals surface area contributed by atoms with Crippen LogP contribution >= 0.6 is 0 Å². The van der Waals surface area contributed by atoms with Gasteiger partial charge in [0, 0.05) is 19.1 Å². The summed E-state index contributed by atoms with van der Waals surface area (Å²) in [5.41, 5.74) is 0. The molecule has 1 aliphatic carbocycles. The Bertz CT molecular complexity index is 261. The minimum absolute atomic E-state index is 0.376. The highest BCUT2D eigenvalue weighted by atomic mass is 16.5.